The third-order valence-electron chi connectivity index (χ3n) is 6.35. The van der Waals surface area contributed by atoms with Crippen molar-refractivity contribution in [3.63, 3.8) is 0 Å². The maximum Gasteiger partial charge on any atom is 0.363 e. The van der Waals surface area contributed by atoms with E-state index in [9.17, 15) is 44.1 Å². The number of hydrogen-bond donors (Lipinski definition) is 4. The number of piperidine rings is 3. The fraction of sp³-hybridized carbons (Fsp3) is 0.778. The van der Waals surface area contributed by atoms with Gasteiger partial charge in [0.2, 0.25) is 0 Å². The summed E-state index contributed by atoms with van der Waals surface area (Å²) in [5.74, 6) is -6.49. The molecule has 3 heterocycles. The molecule has 0 radical (unpaired) electrons. The molecule has 0 saturated carbocycles. The number of carbonyl (C=O) groups excluding carboxylic acids is 6. The van der Waals surface area contributed by atoms with Crippen LogP contribution in [0.4, 0.5) is 0 Å². The van der Waals surface area contributed by atoms with Crippen LogP contribution in [0, 0.1) is 0 Å². The molecule has 0 bridgehead atoms. The normalized spacial score (nSPS) is 17.6. The van der Waals surface area contributed by atoms with Crippen LogP contribution in [0.15, 0.2) is 0 Å². The average Bonchev–Trinajstić information content (AvgIpc) is 2.89. The van der Waals surface area contributed by atoms with E-state index in [1.165, 1.54) is 78.6 Å². The topological polar surface area (TPSA) is 233 Å². The van der Waals surface area contributed by atoms with E-state index in [0.29, 0.717) is 0 Å². The summed E-state index contributed by atoms with van der Waals surface area (Å²) in [6, 6.07) is 0. The number of hydrogen-bond acceptors (Lipinski definition) is 13. The molecule has 0 spiro atoms. The first kappa shape index (κ1) is 39.7. The minimum absolute atomic E-state index is 0.170. The summed E-state index contributed by atoms with van der Waals surface area (Å²) in [4.78, 5) is 76.3. The lowest BCUT2D eigenvalue weighted by Crippen LogP contribution is -3.12. The van der Waals surface area contributed by atoms with Gasteiger partial charge in [-0.25, -0.2) is 14.4 Å². The van der Waals surface area contributed by atoms with Crippen molar-refractivity contribution in [3.05, 3.63) is 0 Å². The molecule has 0 aliphatic carbocycles. The Morgan fingerprint density at radius 3 is 0.930 bits per heavy atom. The smallest absolute Gasteiger partial charge is 0.363 e. The van der Waals surface area contributed by atoms with E-state index in [0.717, 1.165) is 54.5 Å². The van der Waals surface area contributed by atoms with Crippen molar-refractivity contribution in [2.24, 2.45) is 0 Å². The van der Waals surface area contributed by atoms with Gasteiger partial charge in [0.25, 0.3) is 0 Å². The number of rotatable bonds is 8. The van der Waals surface area contributed by atoms with Crippen molar-refractivity contribution < 1.29 is 78.9 Å². The second kappa shape index (κ2) is 22.2. The fourth-order valence-corrected chi connectivity index (χ4v) is 4.44. The zero-order valence-corrected chi connectivity index (χ0v) is 25.4. The van der Waals surface area contributed by atoms with E-state index >= 15 is 0 Å². The van der Waals surface area contributed by atoms with E-state index in [4.69, 9.17) is 19.6 Å². The second-order valence-electron chi connectivity index (χ2n) is 10.5. The van der Waals surface area contributed by atoms with Crippen LogP contribution in [0.1, 0.15) is 91.4 Å². The molecule has 3 fully saturated rings. The maximum absolute atomic E-state index is 10.5. The molecule has 3 aliphatic heterocycles. The third kappa shape index (κ3) is 21.9. The van der Waals surface area contributed by atoms with Crippen LogP contribution in [0.5, 0.6) is 0 Å². The Hall–Kier alpha value is -3.34. The predicted octanol–water partition coefficient (Wildman–Crippen LogP) is -6.65. The van der Waals surface area contributed by atoms with E-state index in [-0.39, 0.29) is 17.9 Å². The molecule has 0 aromatic heterocycles. The lowest BCUT2D eigenvalue weighted by atomic mass is 9.96. The number of carbonyl (C=O) groups is 6. The maximum atomic E-state index is 10.5. The van der Waals surface area contributed by atoms with Gasteiger partial charge in [-0.2, -0.15) is 0 Å². The molecule has 0 unspecified atom stereocenters. The van der Waals surface area contributed by atoms with Crippen molar-refractivity contribution >= 4 is 35.8 Å². The first-order chi connectivity index (χ1) is 20.1. The summed E-state index contributed by atoms with van der Waals surface area (Å²) in [5, 5.41) is 41.9. The largest absolute Gasteiger partial charge is 0.550 e. The van der Waals surface area contributed by atoms with Gasteiger partial charge in [0.05, 0.1) is 5.97 Å². The zero-order chi connectivity index (χ0) is 32.8. The van der Waals surface area contributed by atoms with E-state index in [2.05, 4.69) is 0 Å². The van der Waals surface area contributed by atoms with Gasteiger partial charge in [-0.1, -0.05) is 0 Å². The van der Waals surface area contributed by atoms with Crippen LogP contribution >= 0.6 is 0 Å². The summed E-state index contributed by atoms with van der Waals surface area (Å²) in [5.41, 5.74) is -2.97. The Morgan fingerprint density at radius 1 is 0.535 bits per heavy atom. The highest BCUT2D eigenvalue weighted by Crippen LogP contribution is 2.13. The fourth-order valence-electron chi connectivity index (χ4n) is 4.44. The number of carboxylic acid groups (broad SMARTS) is 3. The highest BCUT2D eigenvalue weighted by Gasteiger charge is 2.29. The molecule has 0 aromatic carbocycles. The van der Waals surface area contributed by atoms with Gasteiger partial charge in [0, 0.05) is 84.1 Å². The van der Waals surface area contributed by atoms with E-state index in [1.807, 2.05) is 0 Å². The monoisotopic (exact) mass is 621 g/mol. The quantitative estimate of drug-likeness (QED) is 0.185. The SMILES string of the molecule is CC(=O)O[NH+]1CCCCC1.CC(=O)O[NH+]1CCCCC1.CC(=O)O[NH+]1CCCCC1.O=C([O-])CC(O)(CC(=O)[O-])C(=O)[O-]. The van der Waals surface area contributed by atoms with Crippen molar-refractivity contribution in [1.82, 2.24) is 0 Å². The highest BCUT2D eigenvalue weighted by atomic mass is 16.7. The molecule has 3 saturated heterocycles. The molecule has 3 aliphatic rings. The van der Waals surface area contributed by atoms with Crippen LogP contribution in [0.3, 0.4) is 0 Å². The lowest BCUT2D eigenvalue weighted by Gasteiger charge is -2.29. The number of carboxylic acids is 3. The predicted molar refractivity (Wildman–Crippen MR) is 138 cm³/mol. The Kier molecular flexibility index (Phi) is 20.5. The summed E-state index contributed by atoms with van der Waals surface area (Å²) in [6.07, 6.45) is 8.23. The Balaban J connectivity index is 0.000000550. The second-order valence-corrected chi connectivity index (χ2v) is 10.5. The minimum Gasteiger partial charge on any atom is -0.550 e. The number of quaternary nitrogens is 3. The van der Waals surface area contributed by atoms with Crippen molar-refractivity contribution in [1.29, 1.82) is 0 Å². The van der Waals surface area contributed by atoms with Crippen molar-refractivity contribution in [2.75, 3.05) is 39.3 Å². The van der Waals surface area contributed by atoms with Gasteiger partial charge in [0.15, 0.2) is 0 Å². The summed E-state index contributed by atoms with van der Waals surface area (Å²) < 4.78 is 0. The molecule has 3 rings (SSSR count). The summed E-state index contributed by atoms with van der Waals surface area (Å²) in [7, 11) is 0. The van der Waals surface area contributed by atoms with E-state index in [1.54, 1.807) is 0 Å². The van der Waals surface area contributed by atoms with Gasteiger partial charge in [-0.15, -0.1) is 15.2 Å². The number of aliphatic carboxylic acids is 3. The molecule has 16 nitrogen and oxygen atoms in total. The molecule has 248 valence electrons. The molecule has 16 heteroatoms. The molecular weight excluding hydrogens is 574 g/mol. The summed E-state index contributed by atoms with van der Waals surface area (Å²) in [6.45, 7) is 10.3. The molecule has 4 N–H and O–H groups in total. The van der Waals surface area contributed by atoms with Crippen LogP contribution in [-0.4, -0.2) is 85.8 Å². The number of aliphatic hydroxyl groups is 1. The highest BCUT2D eigenvalue weighted by molar-refractivity contribution is 5.86. The first-order valence-corrected chi connectivity index (χ1v) is 14.6. The van der Waals surface area contributed by atoms with Gasteiger partial charge < -0.3 is 34.8 Å². The number of hydroxylamine groups is 6. The summed E-state index contributed by atoms with van der Waals surface area (Å²) >= 11 is 0. The number of nitrogens with one attached hydrogen (secondary N) is 3. The Labute approximate surface area is 251 Å². The molecule has 0 atom stereocenters. The van der Waals surface area contributed by atoms with Crippen LogP contribution in [0.25, 0.3) is 0 Å². The van der Waals surface area contributed by atoms with Crippen molar-refractivity contribution in [2.45, 2.75) is 97.0 Å². The molecule has 43 heavy (non-hydrogen) atoms. The van der Waals surface area contributed by atoms with Crippen LogP contribution < -0.4 is 30.5 Å². The van der Waals surface area contributed by atoms with Gasteiger partial charge >= 0.3 is 17.9 Å². The van der Waals surface area contributed by atoms with Crippen molar-refractivity contribution in [3.8, 4) is 0 Å². The van der Waals surface area contributed by atoms with E-state index < -0.39 is 36.4 Å². The molecular formula is C27H47N3O13. The third-order valence-corrected chi connectivity index (χ3v) is 6.35. The molecule has 0 aromatic rings. The standard InChI is InChI=1S/3C7H13NO2.C6H8O7/c3*1-7(9)10-8-5-3-2-4-6-8;7-3(8)1-6(13,5(11)12)2-4(9)10/h3*2-6H2,1H3;13H,1-2H2,(H,7,8)(H,9,10)(H,11,12). The average molecular weight is 622 g/mol. The van der Waals surface area contributed by atoms with Gasteiger partial charge in [-0.05, 0) is 19.3 Å². The first-order valence-electron chi connectivity index (χ1n) is 14.6. The Morgan fingerprint density at radius 2 is 0.767 bits per heavy atom. The zero-order valence-electron chi connectivity index (χ0n) is 25.4. The Bertz CT molecular complexity index is 794. The minimum atomic E-state index is -2.97. The molecule has 0 amide bonds. The lowest BCUT2D eigenvalue weighted by molar-refractivity contribution is -1.08. The van der Waals surface area contributed by atoms with Gasteiger partial charge in [0.1, 0.15) is 44.9 Å². The van der Waals surface area contributed by atoms with Gasteiger partial charge in [-0.3, -0.25) is 14.5 Å². The van der Waals surface area contributed by atoms with Crippen LogP contribution in [-0.2, 0) is 43.3 Å². The van der Waals surface area contributed by atoms with Crippen LogP contribution in [0.2, 0.25) is 0 Å².